The first kappa shape index (κ1) is 19.5. The lowest BCUT2D eigenvalue weighted by Crippen LogP contribution is -2.48. The summed E-state index contributed by atoms with van der Waals surface area (Å²) in [7, 11) is -3.71. The molecule has 10 nitrogen and oxygen atoms in total. The van der Waals surface area contributed by atoms with E-state index in [1.807, 2.05) is 35.2 Å². The summed E-state index contributed by atoms with van der Waals surface area (Å²) in [5.74, 6) is -0.0389. The minimum Gasteiger partial charge on any atom is -0.408 e. The van der Waals surface area contributed by atoms with Crippen LogP contribution in [0, 0.1) is 0 Å². The van der Waals surface area contributed by atoms with Crippen LogP contribution < -0.4 is 10.7 Å². The molecule has 0 radical (unpaired) electrons. The average Bonchev–Trinajstić information content (AvgIpc) is 3.39. The molecule has 3 heterocycles. The Morgan fingerprint density at radius 3 is 2.58 bits per heavy atom. The van der Waals surface area contributed by atoms with Crippen LogP contribution in [0.4, 0.5) is 6.01 Å². The molecule has 1 N–H and O–H groups in total. The van der Waals surface area contributed by atoms with Crippen LogP contribution in [0.2, 0.25) is 0 Å². The Morgan fingerprint density at radius 2 is 1.81 bits per heavy atom. The maximum atomic E-state index is 13.0. The topological polar surface area (TPSA) is 126 Å². The monoisotopic (exact) mass is 441 g/mol. The van der Waals surface area contributed by atoms with Gasteiger partial charge in [-0.15, -0.1) is 0 Å². The normalized spacial score (nSPS) is 15.5. The average molecular weight is 441 g/mol. The number of aromatic nitrogens is 3. The number of piperazine rings is 1. The van der Waals surface area contributed by atoms with Crippen molar-refractivity contribution >= 4 is 27.1 Å². The molecule has 0 aliphatic carbocycles. The van der Waals surface area contributed by atoms with E-state index in [-0.39, 0.29) is 18.0 Å². The van der Waals surface area contributed by atoms with Crippen LogP contribution in [0.15, 0.2) is 67.2 Å². The van der Waals surface area contributed by atoms with Gasteiger partial charge in [0.25, 0.3) is 0 Å². The molecule has 0 amide bonds. The lowest BCUT2D eigenvalue weighted by molar-refractivity contribution is 0.353. The molecule has 1 aliphatic rings. The highest BCUT2D eigenvalue weighted by Crippen LogP contribution is 2.23. The molecule has 11 heteroatoms. The minimum absolute atomic E-state index is 0.105. The molecule has 0 saturated carbocycles. The fourth-order valence-electron chi connectivity index (χ4n) is 3.58. The van der Waals surface area contributed by atoms with Crippen molar-refractivity contribution < 1.29 is 17.4 Å². The minimum atomic E-state index is -3.71. The fraction of sp³-hybridized carbons (Fsp3) is 0.250. The Balaban J connectivity index is 1.27. The highest BCUT2D eigenvalue weighted by atomic mass is 32.2. The molecular weight excluding hydrogens is 422 g/mol. The number of anilines is 1. The lowest BCUT2D eigenvalue weighted by atomic mass is 10.1. The lowest BCUT2D eigenvalue weighted by Gasteiger charge is -2.32. The molecule has 31 heavy (non-hydrogen) atoms. The number of oxazole rings is 1. The van der Waals surface area contributed by atoms with Gasteiger partial charge in [-0.05, 0) is 23.8 Å². The van der Waals surface area contributed by atoms with Crippen molar-refractivity contribution in [1.82, 2.24) is 19.4 Å². The van der Waals surface area contributed by atoms with E-state index in [1.54, 1.807) is 0 Å². The van der Waals surface area contributed by atoms with Crippen molar-refractivity contribution in [1.29, 1.82) is 0 Å². The second kappa shape index (κ2) is 7.67. The van der Waals surface area contributed by atoms with E-state index in [4.69, 9.17) is 8.94 Å². The van der Waals surface area contributed by atoms with Crippen LogP contribution in [0.5, 0.6) is 0 Å². The third-order valence-electron chi connectivity index (χ3n) is 5.20. The standard InChI is InChI=1S/C20H19N5O5S/c26-20-21-16-13-15(6-7-17(16)29-20)31(27,28)25-10-8-24(9-11-25)19-22-18(23-30-19)12-14-4-2-1-3-5-14/h1-7,13H,8-12H2,(H,21,26). The quantitative estimate of drug-likeness (QED) is 0.495. The molecule has 1 fully saturated rings. The number of benzene rings is 2. The molecule has 0 atom stereocenters. The molecule has 0 unspecified atom stereocenters. The zero-order chi connectivity index (χ0) is 21.4. The molecule has 0 bridgehead atoms. The maximum absolute atomic E-state index is 13.0. The Hall–Kier alpha value is -3.44. The fourth-order valence-corrected chi connectivity index (χ4v) is 5.03. The Labute approximate surface area is 177 Å². The van der Waals surface area contributed by atoms with Gasteiger partial charge in [0.05, 0.1) is 10.4 Å². The predicted molar refractivity (Wildman–Crippen MR) is 111 cm³/mol. The summed E-state index contributed by atoms with van der Waals surface area (Å²) >= 11 is 0. The van der Waals surface area contributed by atoms with E-state index in [0.717, 1.165) is 5.56 Å². The zero-order valence-electron chi connectivity index (χ0n) is 16.4. The van der Waals surface area contributed by atoms with E-state index >= 15 is 0 Å². The van der Waals surface area contributed by atoms with E-state index in [2.05, 4.69) is 15.1 Å². The van der Waals surface area contributed by atoms with E-state index < -0.39 is 15.8 Å². The van der Waals surface area contributed by atoms with Crippen LogP contribution in [-0.4, -0.2) is 54.0 Å². The predicted octanol–water partition coefficient (Wildman–Crippen LogP) is 1.61. The summed E-state index contributed by atoms with van der Waals surface area (Å²) in [6.07, 6.45) is 0.567. The Bertz CT molecular complexity index is 1370. The summed E-state index contributed by atoms with van der Waals surface area (Å²) in [5.41, 5.74) is 1.75. The highest BCUT2D eigenvalue weighted by Gasteiger charge is 2.30. The zero-order valence-corrected chi connectivity index (χ0v) is 17.2. The maximum Gasteiger partial charge on any atom is 0.417 e. The number of hydrogen-bond acceptors (Lipinski definition) is 8. The second-order valence-corrected chi connectivity index (χ2v) is 9.16. The molecule has 2 aromatic heterocycles. The van der Waals surface area contributed by atoms with Gasteiger partial charge in [0.2, 0.25) is 10.0 Å². The third-order valence-corrected chi connectivity index (χ3v) is 7.09. The Kier molecular flexibility index (Phi) is 4.83. The third kappa shape index (κ3) is 3.84. The number of hydrogen-bond donors (Lipinski definition) is 1. The first-order chi connectivity index (χ1) is 15.0. The van der Waals surface area contributed by atoms with Gasteiger partial charge in [-0.3, -0.25) is 4.98 Å². The van der Waals surface area contributed by atoms with Crippen molar-refractivity contribution in [2.45, 2.75) is 11.3 Å². The number of nitrogens with one attached hydrogen (secondary N) is 1. The first-order valence-electron chi connectivity index (χ1n) is 9.73. The molecular formula is C20H19N5O5S. The summed E-state index contributed by atoms with van der Waals surface area (Å²) in [5, 5.41) is 4.04. The summed E-state index contributed by atoms with van der Waals surface area (Å²) < 4.78 is 37.8. The van der Waals surface area contributed by atoms with Crippen LogP contribution in [0.3, 0.4) is 0 Å². The van der Waals surface area contributed by atoms with Crippen LogP contribution in [-0.2, 0) is 16.4 Å². The summed E-state index contributed by atoms with van der Waals surface area (Å²) in [6.45, 7) is 1.41. The summed E-state index contributed by atoms with van der Waals surface area (Å²) in [4.78, 5) is 20.2. The van der Waals surface area contributed by atoms with E-state index in [9.17, 15) is 13.2 Å². The molecule has 5 rings (SSSR count). The number of nitrogens with zero attached hydrogens (tertiary/aromatic N) is 4. The second-order valence-electron chi connectivity index (χ2n) is 7.22. The molecule has 1 saturated heterocycles. The molecule has 4 aromatic rings. The largest absolute Gasteiger partial charge is 0.417 e. The van der Waals surface area contributed by atoms with Gasteiger partial charge in [0, 0.05) is 32.6 Å². The van der Waals surface area contributed by atoms with Crippen LogP contribution in [0.25, 0.3) is 11.1 Å². The van der Waals surface area contributed by atoms with Gasteiger partial charge in [-0.25, -0.2) is 13.2 Å². The van der Waals surface area contributed by atoms with Gasteiger partial charge in [0.1, 0.15) is 0 Å². The molecule has 0 spiro atoms. The van der Waals surface area contributed by atoms with Crippen molar-refractivity contribution in [3.8, 4) is 0 Å². The number of H-pyrrole nitrogens is 1. The number of fused-ring (bicyclic) bond motifs is 1. The van der Waals surface area contributed by atoms with Crippen molar-refractivity contribution in [2.24, 2.45) is 0 Å². The van der Waals surface area contributed by atoms with Crippen LogP contribution in [0.1, 0.15) is 11.4 Å². The Morgan fingerprint density at radius 1 is 1.03 bits per heavy atom. The van der Waals surface area contributed by atoms with Crippen LogP contribution >= 0.6 is 0 Å². The van der Waals surface area contributed by atoms with Crippen molar-refractivity contribution in [2.75, 3.05) is 31.1 Å². The van der Waals surface area contributed by atoms with Gasteiger partial charge in [-0.1, -0.05) is 35.5 Å². The number of sulfonamides is 1. The molecule has 1 aliphatic heterocycles. The molecule has 2 aromatic carbocycles. The smallest absolute Gasteiger partial charge is 0.408 e. The van der Waals surface area contributed by atoms with E-state index in [1.165, 1.54) is 22.5 Å². The van der Waals surface area contributed by atoms with Gasteiger partial charge in [-0.2, -0.15) is 9.29 Å². The summed E-state index contributed by atoms with van der Waals surface area (Å²) in [6, 6.07) is 14.6. The molecule has 160 valence electrons. The van der Waals surface area contributed by atoms with Gasteiger partial charge in [0.15, 0.2) is 11.4 Å². The first-order valence-corrected chi connectivity index (χ1v) is 11.2. The van der Waals surface area contributed by atoms with Crippen molar-refractivity contribution in [3.05, 3.63) is 70.5 Å². The highest BCUT2D eigenvalue weighted by molar-refractivity contribution is 7.89. The van der Waals surface area contributed by atoms with E-state index in [0.29, 0.717) is 42.4 Å². The van der Waals surface area contributed by atoms with Gasteiger partial charge >= 0.3 is 11.8 Å². The SMILES string of the molecule is O=c1[nH]c2cc(S(=O)(=O)N3CCN(c4nc(Cc5ccccc5)no4)CC3)ccc2o1. The van der Waals surface area contributed by atoms with Gasteiger partial charge < -0.3 is 13.8 Å². The van der Waals surface area contributed by atoms with Crippen molar-refractivity contribution in [3.63, 3.8) is 0 Å². The number of aromatic amines is 1. The number of rotatable bonds is 5.